The molecule has 0 spiro atoms. The van der Waals surface area contributed by atoms with Gasteiger partial charge in [0.25, 0.3) is 0 Å². The lowest BCUT2D eigenvalue weighted by Crippen LogP contribution is -2.38. The Morgan fingerprint density at radius 1 is 1.38 bits per heavy atom. The highest BCUT2D eigenvalue weighted by molar-refractivity contribution is 5.38. The Balaban J connectivity index is 2.00. The second-order valence-corrected chi connectivity index (χ2v) is 3.78. The Morgan fingerprint density at radius 2 is 2.19 bits per heavy atom. The molecular formula is C12H17NO3. The lowest BCUT2D eigenvalue weighted by molar-refractivity contribution is -0.0266. The molecule has 4 heteroatoms. The van der Waals surface area contributed by atoms with Gasteiger partial charge in [0.1, 0.15) is 18.5 Å². The molecule has 0 bridgehead atoms. The fourth-order valence-electron chi connectivity index (χ4n) is 1.80. The van der Waals surface area contributed by atoms with Gasteiger partial charge in [-0.3, -0.25) is 0 Å². The summed E-state index contributed by atoms with van der Waals surface area (Å²) in [6.07, 6.45) is -0.0925. The molecule has 1 aromatic carbocycles. The Bertz CT molecular complexity index is 343. The number of ether oxygens (including phenoxy) is 3. The molecule has 4 nitrogen and oxygen atoms in total. The van der Waals surface area contributed by atoms with Crippen molar-refractivity contribution in [2.75, 3.05) is 26.9 Å². The zero-order valence-corrected chi connectivity index (χ0v) is 9.39. The maximum atomic E-state index is 6.13. The Labute approximate surface area is 95.3 Å². The zero-order valence-electron chi connectivity index (χ0n) is 9.39. The summed E-state index contributed by atoms with van der Waals surface area (Å²) in [6.45, 7) is 1.62. The number of fused-ring (bicyclic) bond motifs is 1. The van der Waals surface area contributed by atoms with Crippen molar-refractivity contribution in [3.8, 4) is 5.75 Å². The van der Waals surface area contributed by atoms with E-state index in [-0.39, 0.29) is 12.1 Å². The SMILES string of the molecule is COCCOC1COc2ccccc2C1N. The summed E-state index contributed by atoms with van der Waals surface area (Å²) in [5.41, 5.74) is 7.14. The minimum Gasteiger partial charge on any atom is -0.490 e. The van der Waals surface area contributed by atoms with Crippen LogP contribution in [0.5, 0.6) is 5.75 Å². The van der Waals surface area contributed by atoms with Gasteiger partial charge in [0.05, 0.1) is 19.3 Å². The third-order valence-electron chi connectivity index (χ3n) is 2.70. The summed E-state index contributed by atoms with van der Waals surface area (Å²) < 4.78 is 16.1. The first kappa shape index (κ1) is 11.4. The van der Waals surface area contributed by atoms with Gasteiger partial charge in [-0.2, -0.15) is 0 Å². The van der Waals surface area contributed by atoms with Crippen molar-refractivity contribution >= 4 is 0 Å². The molecule has 0 saturated heterocycles. The van der Waals surface area contributed by atoms with Gasteiger partial charge in [-0.25, -0.2) is 0 Å². The van der Waals surface area contributed by atoms with E-state index in [2.05, 4.69) is 0 Å². The predicted molar refractivity (Wildman–Crippen MR) is 60.5 cm³/mol. The predicted octanol–water partition coefficient (Wildman–Crippen LogP) is 1.11. The average molecular weight is 223 g/mol. The number of nitrogens with two attached hydrogens (primary N) is 1. The van der Waals surface area contributed by atoms with Crippen molar-refractivity contribution in [3.63, 3.8) is 0 Å². The average Bonchev–Trinajstić information content (AvgIpc) is 2.33. The molecule has 2 atom stereocenters. The second-order valence-electron chi connectivity index (χ2n) is 3.78. The molecule has 16 heavy (non-hydrogen) atoms. The van der Waals surface area contributed by atoms with E-state index >= 15 is 0 Å². The van der Waals surface area contributed by atoms with Crippen LogP contribution in [0.25, 0.3) is 0 Å². The summed E-state index contributed by atoms with van der Waals surface area (Å²) in [4.78, 5) is 0. The third-order valence-corrected chi connectivity index (χ3v) is 2.70. The van der Waals surface area contributed by atoms with Crippen molar-refractivity contribution in [3.05, 3.63) is 29.8 Å². The van der Waals surface area contributed by atoms with E-state index in [9.17, 15) is 0 Å². The van der Waals surface area contributed by atoms with Gasteiger partial charge in [0.15, 0.2) is 0 Å². The molecule has 1 aliphatic heterocycles. The number of rotatable bonds is 4. The highest BCUT2D eigenvalue weighted by Gasteiger charge is 2.28. The fraction of sp³-hybridized carbons (Fsp3) is 0.500. The molecule has 2 rings (SSSR count). The maximum Gasteiger partial charge on any atom is 0.124 e. The van der Waals surface area contributed by atoms with Gasteiger partial charge in [0.2, 0.25) is 0 Å². The van der Waals surface area contributed by atoms with Crippen LogP contribution in [0.1, 0.15) is 11.6 Å². The molecule has 0 amide bonds. The van der Waals surface area contributed by atoms with Crippen LogP contribution in [-0.2, 0) is 9.47 Å². The van der Waals surface area contributed by atoms with Crippen LogP contribution in [-0.4, -0.2) is 33.0 Å². The van der Waals surface area contributed by atoms with Crippen molar-refractivity contribution < 1.29 is 14.2 Å². The molecular weight excluding hydrogens is 206 g/mol. The highest BCUT2D eigenvalue weighted by Crippen LogP contribution is 2.31. The molecule has 1 heterocycles. The normalized spacial score (nSPS) is 23.6. The van der Waals surface area contributed by atoms with Crippen molar-refractivity contribution in [2.24, 2.45) is 5.73 Å². The first-order valence-corrected chi connectivity index (χ1v) is 5.41. The minimum atomic E-state index is -0.123. The van der Waals surface area contributed by atoms with Gasteiger partial charge in [-0.1, -0.05) is 18.2 Å². The summed E-state index contributed by atoms with van der Waals surface area (Å²) >= 11 is 0. The second kappa shape index (κ2) is 5.30. The fourth-order valence-corrected chi connectivity index (χ4v) is 1.80. The number of para-hydroxylation sites is 1. The molecule has 0 aliphatic carbocycles. The van der Waals surface area contributed by atoms with E-state index < -0.39 is 0 Å². The molecule has 88 valence electrons. The lowest BCUT2D eigenvalue weighted by Gasteiger charge is -2.30. The summed E-state index contributed by atoms with van der Waals surface area (Å²) in [5.74, 6) is 0.863. The lowest BCUT2D eigenvalue weighted by atomic mass is 9.99. The van der Waals surface area contributed by atoms with Gasteiger partial charge in [-0.15, -0.1) is 0 Å². The van der Waals surface area contributed by atoms with Crippen molar-refractivity contribution in [1.29, 1.82) is 0 Å². The van der Waals surface area contributed by atoms with E-state index in [1.807, 2.05) is 24.3 Å². The summed E-state index contributed by atoms with van der Waals surface area (Å²) in [6, 6.07) is 7.69. The van der Waals surface area contributed by atoms with Gasteiger partial charge >= 0.3 is 0 Å². The zero-order chi connectivity index (χ0) is 11.4. The number of hydrogen-bond acceptors (Lipinski definition) is 4. The van der Waals surface area contributed by atoms with E-state index in [1.54, 1.807) is 7.11 Å². The van der Waals surface area contributed by atoms with E-state index in [0.29, 0.717) is 19.8 Å². The highest BCUT2D eigenvalue weighted by atomic mass is 16.6. The van der Waals surface area contributed by atoms with Gasteiger partial charge < -0.3 is 19.9 Å². The first-order valence-electron chi connectivity index (χ1n) is 5.41. The monoisotopic (exact) mass is 223 g/mol. The quantitative estimate of drug-likeness (QED) is 0.777. The van der Waals surface area contributed by atoms with Gasteiger partial charge in [0, 0.05) is 12.7 Å². The van der Waals surface area contributed by atoms with Crippen LogP contribution in [0.15, 0.2) is 24.3 Å². The molecule has 2 unspecified atom stereocenters. The van der Waals surface area contributed by atoms with Crippen molar-refractivity contribution in [2.45, 2.75) is 12.1 Å². The summed E-state index contributed by atoms with van der Waals surface area (Å²) in [7, 11) is 1.65. The van der Waals surface area contributed by atoms with Crippen molar-refractivity contribution in [1.82, 2.24) is 0 Å². The number of benzene rings is 1. The van der Waals surface area contributed by atoms with Crippen LogP contribution in [0, 0.1) is 0 Å². The molecule has 0 radical (unpaired) electrons. The molecule has 1 aromatic rings. The Kier molecular flexibility index (Phi) is 3.77. The first-order chi connectivity index (χ1) is 7.83. The van der Waals surface area contributed by atoms with Crippen LogP contribution >= 0.6 is 0 Å². The topological polar surface area (TPSA) is 53.7 Å². The van der Waals surface area contributed by atoms with Crippen LogP contribution in [0.4, 0.5) is 0 Å². The van der Waals surface area contributed by atoms with E-state index in [4.69, 9.17) is 19.9 Å². The molecule has 2 N–H and O–H groups in total. The number of methoxy groups -OCH3 is 1. The minimum absolute atomic E-state index is 0.0925. The largest absolute Gasteiger partial charge is 0.490 e. The molecule has 0 fully saturated rings. The molecule has 0 saturated carbocycles. The smallest absolute Gasteiger partial charge is 0.124 e. The Morgan fingerprint density at radius 3 is 3.00 bits per heavy atom. The third kappa shape index (κ3) is 2.35. The van der Waals surface area contributed by atoms with Crippen LogP contribution < -0.4 is 10.5 Å². The van der Waals surface area contributed by atoms with Crippen LogP contribution in [0.3, 0.4) is 0 Å². The Hall–Kier alpha value is -1.10. The number of hydrogen-bond donors (Lipinski definition) is 1. The van der Waals surface area contributed by atoms with E-state index in [0.717, 1.165) is 11.3 Å². The van der Waals surface area contributed by atoms with Crippen LogP contribution in [0.2, 0.25) is 0 Å². The van der Waals surface area contributed by atoms with Gasteiger partial charge in [-0.05, 0) is 6.07 Å². The molecule has 0 aromatic heterocycles. The summed E-state index contributed by atoms with van der Waals surface area (Å²) in [5, 5.41) is 0. The molecule has 1 aliphatic rings. The maximum absolute atomic E-state index is 6.13. The van der Waals surface area contributed by atoms with E-state index in [1.165, 1.54) is 0 Å². The standard InChI is InChI=1S/C12H17NO3/c1-14-6-7-15-11-8-16-10-5-3-2-4-9(10)12(11)13/h2-5,11-12H,6-8,13H2,1H3.